The van der Waals surface area contributed by atoms with Crippen molar-refractivity contribution in [2.75, 3.05) is 12.4 Å². The van der Waals surface area contributed by atoms with Gasteiger partial charge in [0, 0.05) is 10.5 Å². The van der Waals surface area contributed by atoms with Crippen LogP contribution in [0.4, 0.5) is 5.82 Å². The average molecular weight is 450 g/mol. The molecule has 1 heterocycles. The van der Waals surface area contributed by atoms with Crippen LogP contribution in [0, 0.1) is 0 Å². The van der Waals surface area contributed by atoms with Crippen molar-refractivity contribution in [3.63, 3.8) is 0 Å². The molecule has 6 nitrogen and oxygen atoms in total. The van der Waals surface area contributed by atoms with Crippen LogP contribution < -0.4 is 10.1 Å². The Hall–Kier alpha value is -3.03. The van der Waals surface area contributed by atoms with E-state index in [1.54, 1.807) is 25.3 Å². The Morgan fingerprint density at radius 1 is 1.00 bits per heavy atom. The molecule has 1 unspecified atom stereocenters. The molecule has 1 saturated carbocycles. The van der Waals surface area contributed by atoms with E-state index in [9.17, 15) is 13.6 Å². The van der Waals surface area contributed by atoms with Gasteiger partial charge in [-0.2, -0.15) is 0 Å². The summed E-state index contributed by atoms with van der Waals surface area (Å²) in [6.45, 7) is 0. The zero-order chi connectivity index (χ0) is 22.6. The lowest BCUT2D eigenvalue weighted by Gasteiger charge is -2.36. The molecule has 1 atom stereocenters. The fourth-order valence-corrected chi connectivity index (χ4v) is 4.71. The van der Waals surface area contributed by atoms with Crippen LogP contribution in [0.1, 0.15) is 37.7 Å². The van der Waals surface area contributed by atoms with E-state index in [2.05, 4.69) is 10.3 Å². The van der Waals surface area contributed by atoms with Gasteiger partial charge in [0.15, 0.2) is 0 Å². The average Bonchev–Trinajstić information content (AvgIpc) is 2.84. The molecule has 4 rings (SSSR count). The smallest absolute Gasteiger partial charge is 0.236 e. The van der Waals surface area contributed by atoms with Gasteiger partial charge in [-0.15, -0.1) is 0 Å². The Kier molecular flexibility index (Phi) is 6.67. The highest BCUT2D eigenvalue weighted by atomic mass is 32.2. The molecule has 32 heavy (non-hydrogen) atoms. The predicted molar refractivity (Wildman–Crippen MR) is 123 cm³/mol. The van der Waals surface area contributed by atoms with Gasteiger partial charge >= 0.3 is 0 Å². The molecule has 0 aliphatic heterocycles. The van der Waals surface area contributed by atoms with Crippen LogP contribution in [0.3, 0.4) is 0 Å². The van der Waals surface area contributed by atoms with E-state index in [4.69, 9.17) is 4.74 Å². The minimum atomic E-state index is -2.27. The minimum Gasteiger partial charge on any atom is -0.768 e. The lowest BCUT2D eigenvalue weighted by Crippen LogP contribution is -2.42. The first-order valence-electron chi connectivity index (χ1n) is 10.6. The van der Waals surface area contributed by atoms with Crippen molar-refractivity contribution in [2.24, 2.45) is 0 Å². The summed E-state index contributed by atoms with van der Waals surface area (Å²) in [6.07, 6.45) is 4.71. The SMILES string of the molecule is COc1ccc(C2(C(=O)Nc3cccc(-c4ccc(S(=O)[O-])cc4)n3)CCCCC2)cc1. The maximum Gasteiger partial charge on any atom is 0.236 e. The number of benzene rings is 2. The second-order valence-corrected chi connectivity index (χ2v) is 8.93. The van der Waals surface area contributed by atoms with E-state index in [1.807, 2.05) is 36.4 Å². The standard InChI is InChI=1S/C25H26N2O4S/c1-31-20-12-10-19(11-13-20)25(16-3-2-4-17-25)24(28)27-23-7-5-6-22(26-23)18-8-14-21(15-9-18)32(29)30/h5-15H,2-4,16-17H2,1H3,(H,29,30)(H,26,27,28)/p-1. The number of methoxy groups -OCH3 is 1. The van der Waals surface area contributed by atoms with E-state index < -0.39 is 16.5 Å². The number of carbonyl (C=O) groups is 1. The molecule has 1 N–H and O–H groups in total. The van der Waals surface area contributed by atoms with E-state index in [-0.39, 0.29) is 10.8 Å². The molecular weight excluding hydrogens is 424 g/mol. The highest BCUT2D eigenvalue weighted by Crippen LogP contribution is 2.41. The number of hydrogen-bond acceptors (Lipinski definition) is 5. The van der Waals surface area contributed by atoms with Gasteiger partial charge in [-0.05, 0) is 65.9 Å². The fraction of sp³-hybridized carbons (Fsp3) is 0.280. The Morgan fingerprint density at radius 3 is 2.31 bits per heavy atom. The van der Waals surface area contributed by atoms with Gasteiger partial charge in [-0.1, -0.05) is 49.6 Å². The quantitative estimate of drug-likeness (QED) is 0.544. The maximum absolute atomic E-state index is 13.6. The summed E-state index contributed by atoms with van der Waals surface area (Å²) in [5.41, 5.74) is 1.83. The van der Waals surface area contributed by atoms with Crippen LogP contribution in [0.15, 0.2) is 71.6 Å². The molecule has 1 aliphatic rings. The lowest BCUT2D eigenvalue weighted by molar-refractivity contribution is -0.122. The zero-order valence-corrected chi connectivity index (χ0v) is 18.7. The molecule has 166 valence electrons. The van der Waals surface area contributed by atoms with Gasteiger partial charge in [0.1, 0.15) is 11.6 Å². The Labute approximate surface area is 190 Å². The van der Waals surface area contributed by atoms with Crippen molar-refractivity contribution in [1.29, 1.82) is 0 Å². The Balaban J connectivity index is 1.59. The fourth-order valence-electron chi connectivity index (χ4n) is 4.35. The first kappa shape index (κ1) is 22.2. The monoisotopic (exact) mass is 449 g/mol. The molecular formula is C25H25N2O4S-. The molecule has 0 saturated heterocycles. The molecule has 1 amide bonds. The third-order valence-corrected chi connectivity index (χ3v) is 6.77. The Morgan fingerprint density at radius 2 is 1.69 bits per heavy atom. The summed E-state index contributed by atoms with van der Waals surface area (Å²) < 4.78 is 27.5. The third kappa shape index (κ3) is 4.59. The van der Waals surface area contributed by atoms with Crippen molar-refractivity contribution < 1.29 is 18.3 Å². The van der Waals surface area contributed by atoms with Gasteiger partial charge in [0.05, 0.1) is 18.2 Å². The number of pyridine rings is 1. The van der Waals surface area contributed by atoms with Gasteiger partial charge in [-0.25, -0.2) is 4.98 Å². The summed E-state index contributed by atoms with van der Waals surface area (Å²) in [7, 11) is 1.63. The molecule has 1 aliphatic carbocycles. The maximum atomic E-state index is 13.6. The number of nitrogens with one attached hydrogen (secondary N) is 1. The van der Waals surface area contributed by atoms with Gasteiger partial charge in [0.25, 0.3) is 0 Å². The van der Waals surface area contributed by atoms with Crippen LogP contribution in [-0.4, -0.2) is 26.8 Å². The molecule has 0 radical (unpaired) electrons. The number of anilines is 1. The Bertz CT molecular complexity index is 1110. The molecule has 0 spiro atoms. The van der Waals surface area contributed by atoms with E-state index in [0.717, 1.165) is 49.0 Å². The second kappa shape index (κ2) is 9.63. The van der Waals surface area contributed by atoms with Crippen LogP contribution in [0.5, 0.6) is 5.75 Å². The molecule has 7 heteroatoms. The van der Waals surface area contributed by atoms with Crippen LogP contribution in [-0.2, 0) is 21.3 Å². The number of hydrogen-bond donors (Lipinski definition) is 1. The van der Waals surface area contributed by atoms with Crippen LogP contribution >= 0.6 is 0 Å². The second-order valence-electron chi connectivity index (χ2n) is 7.99. The van der Waals surface area contributed by atoms with Gasteiger partial charge in [0.2, 0.25) is 5.91 Å². The van der Waals surface area contributed by atoms with E-state index in [0.29, 0.717) is 11.5 Å². The first-order valence-corrected chi connectivity index (χ1v) is 11.7. The molecule has 0 bridgehead atoms. The van der Waals surface area contributed by atoms with Gasteiger partial charge < -0.3 is 14.6 Å². The molecule has 3 aromatic rings. The summed E-state index contributed by atoms with van der Waals surface area (Å²) in [5, 5.41) is 3.04. The van der Waals surface area contributed by atoms with Crippen LogP contribution in [0.25, 0.3) is 11.3 Å². The van der Waals surface area contributed by atoms with Crippen molar-refractivity contribution in [1.82, 2.24) is 4.98 Å². The predicted octanol–water partition coefficient (Wildman–Crippen LogP) is 4.84. The molecule has 1 aromatic heterocycles. The first-order chi connectivity index (χ1) is 15.5. The van der Waals surface area contributed by atoms with E-state index >= 15 is 0 Å². The number of rotatable bonds is 6. The topological polar surface area (TPSA) is 91.3 Å². The highest BCUT2D eigenvalue weighted by molar-refractivity contribution is 7.79. The van der Waals surface area contributed by atoms with Crippen molar-refractivity contribution in [3.05, 3.63) is 72.3 Å². The number of amides is 1. The summed E-state index contributed by atoms with van der Waals surface area (Å²) >= 11 is -2.27. The number of aromatic nitrogens is 1. The zero-order valence-electron chi connectivity index (χ0n) is 17.9. The summed E-state index contributed by atoms with van der Waals surface area (Å²) in [4.78, 5) is 18.4. The highest BCUT2D eigenvalue weighted by Gasteiger charge is 2.41. The lowest BCUT2D eigenvalue weighted by atomic mass is 9.68. The van der Waals surface area contributed by atoms with E-state index in [1.165, 1.54) is 12.1 Å². The van der Waals surface area contributed by atoms with Gasteiger partial charge in [-0.3, -0.25) is 9.00 Å². The summed E-state index contributed by atoms with van der Waals surface area (Å²) in [5.74, 6) is 1.19. The minimum absolute atomic E-state index is 0.0517. The number of carbonyl (C=O) groups excluding carboxylic acids is 1. The molecule has 2 aromatic carbocycles. The van der Waals surface area contributed by atoms with Crippen molar-refractivity contribution in [3.8, 4) is 17.0 Å². The summed E-state index contributed by atoms with van der Waals surface area (Å²) in [6, 6.07) is 19.7. The van der Waals surface area contributed by atoms with Crippen molar-refractivity contribution in [2.45, 2.75) is 42.4 Å². The third-order valence-electron chi connectivity index (χ3n) is 6.12. The molecule has 1 fully saturated rings. The normalized spacial score (nSPS) is 16.2. The largest absolute Gasteiger partial charge is 0.768 e. The number of nitrogens with zero attached hydrogens (tertiary/aromatic N) is 1. The van der Waals surface area contributed by atoms with Crippen molar-refractivity contribution >= 4 is 22.8 Å². The number of ether oxygens (including phenoxy) is 1. The van der Waals surface area contributed by atoms with Crippen LogP contribution in [0.2, 0.25) is 0 Å².